The van der Waals surface area contributed by atoms with Crippen LogP contribution in [0.4, 0.5) is 5.69 Å². The van der Waals surface area contributed by atoms with Crippen LogP contribution in [0.15, 0.2) is 18.2 Å². The predicted molar refractivity (Wildman–Crippen MR) is 85.9 cm³/mol. The molecule has 0 aliphatic rings. The highest BCUT2D eigenvalue weighted by molar-refractivity contribution is 5.97. The minimum absolute atomic E-state index is 0.109. The van der Waals surface area contributed by atoms with E-state index >= 15 is 0 Å². The van der Waals surface area contributed by atoms with E-state index in [1.165, 1.54) is 0 Å². The highest BCUT2D eigenvalue weighted by Crippen LogP contribution is 2.24. The van der Waals surface area contributed by atoms with Crippen molar-refractivity contribution in [2.75, 3.05) is 18.5 Å². The molecule has 1 rings (SSSR count). The van der Waals surface area contributed by atoms with Crippen LogP contribution >= 0.6 is 0 Å². The Kier molecular flexibility index (Phi) is 6.69. The molecular formula is C17H27NO3. The van der Waals surface area contributed by atoms with Crippen LogP contribution in [0.3, 0.4) is 0 Å². The highest BCUT2D eigenvalue weighted by atomic mass is 16.5. The van der Waals surface area contributed by atoms with E-state index in [9.17, 15) is 4.79 Å². The second kappa shape index (κ2) is 8.03. The molecule has 0 fully saturated rings. The van der Waals surface area contributed by atoms with Crippen LogP contribution in [0.5, 0.6) is 5.75 Å². The largest absolute Gasteiger partial charge is 0.494 e. The SMILES string of the molecule is CCCOC(C)(CC)C(=O)Nc1ccc(OCC)c(C)c1. The topological polar surface area (TPSA) is 47.6 Å². The lowest BCUT2D eigenvalue weighted by Crippen LogP contribution is -2.42. The third-order valence-corrected chi connectivity index (χ3v) is 3.51. The average molecular weight is 293 g/mol. The molecule has 1 N–H and O–H groups in total. The van der Waals surface area contributed by atoms with Crippen molar-refractivity contribution in [3.05, 3.63) is 23.8 Å². The standard InChI is InChI=1S/C17H27NO3/c1-6-11-21-17(5,7-2)16(19)18-14-9-10-15(20-8-3)13(4)12-14/h9-10,12H,6-8,11H2,1-5H3,(H,18,19). The minimum Gasteiger partial charge on any atom is -0.494 e. The Balaban J connectivity index is 2.79. The lowest BCUT2D eigenvalue weighted by atomic mass is 10.0. The smallest absolute Gasteiger partial charge is 0.256 e. The average Bonchev–Trinajstić information content (AvgIpc) is 2.47. The maximum Gasteiger partial charge on any atom is 0.256 e. The molecule has 0 spiro atoms. The number of hydrogen-bond donors (Lipinski definition) is 1. The highest BCUT2D eigenvalue weighted by Gasteiger charge is 2.32. The number of hydrogen-bond acceptors (Lipinski definition) is 3. The lowest BCUT2D eigenvalue weighted by Gasteiger charge is -2.27. The fourth-order valence-corrected chi connectivity index (χ4v) is 1.96. The van der Waals surface area contributed by atoms with Crippen LogP contribution in [-0.2, 0) is 9.53 Å². The quantitative estimate of drug-likeness (QED) is 0.790. The first-order valence-corrected chi connectivity index (χ1v) is 7.65. The van der Waals surface area contributed by atoms with Crippen LogP contribution in [0.2, 0.25) is 0 Å². The molecule has 0 saturated heterocycles. The van der Waals surface area contributed by atoms with Crippen LogP contribution in [0.25, 0.3) is 0 Å². The fraction of sp³-hybridized carbons (Fsp3) is 0.588. The molecule has 1 amide bonds. The maximum atomic E-state index is 12.4. The van der Waals surface area contributed by atoms with Gasteiger partial charge in [0, 0.05) is 12.3 Å². The Bertz CT molecular complexity index is 473. The summed E-state index contributed by atoms with van der Waals surface area (Å²) in [5.41, 5.74) is 0.978. The number of aryl methyl sites for hydroxylation is 1. The normalized spacial score (nSPS) is 13.6. The van der Waals surface area contributed by atoms with Gasteiger partial charge in [-0.3, -0.25) is 4.79 Å². The van der Waals surface area contributed by atoms with Gasteiger partial charge in [-0.1, -0.05) is 13.8 Å². The molecule has 1 aromatic rings. The molecule has 0 bridgehead atoms. The number of anilines is 1. The number of benzene rings is 1. The summed E-state index contributed by atoms with van der Waals surface area (Å²) in [6.07, 6.45) is 1.53. The van der Waals surface area contributed by atoms with E-state index in [-0.39, 0.29) is 5.91 Å². The summed E-state index contributed by atoms with van der Waals surface area (Å²) in [7, 11) is 0. The zero-order valence-electron chi connectivity index (χ0n) is 13.8. The van der Waals surface area contributed by atoms with Gasteiger partial charge >= 0.3 is 0 Å². The number of carbonyl (C=O) groups is 1. The number of carbonyl (C=O) groups excluding carboxylic acids is 1. The van der Waals surface area contributed by atoms with E-state index in [4.69, 9.17) is 9.47 Å². The molecule has 1 unspecified atom stereocenters. The van der Waals surface area contributed by atoms with Gasteiger partial charge in [0.2, 0.25) is 0 Å². The first-order chi connectivity index (χ1) is 9.96. The summed E-state index contributed by atoms with van der Waals surface area (Å²) in [6.45, 7) is 11.0. The minimum atomic E-state index is -0.789. The molecule has 1 atom stereocenters. The molecular weight excluding hydrogens is 266 g/mol. The fourth-order valence-electron chi connectivity index (χ4n) is 1.96. The maximum absolute atomic E-state index is 12.4. The number of rotatable bonds is 8. The third-order valence-electron chi connectivity index (χ3n) is 3.51. The van der Waals surface area contributed by atoms with Crippen molar-refractivity contribution in [2.45, 2.75) is 53.1 Å². The Morgan fingerprint density at radius 3 is 2.52 bits per heavy atom. The van der Waals surface area contributed by atoms with Crippen molar-refractivity contribution < 1.29 is 14.3 Å². The summed E-state index contributed by atoms with van der Waals surface area (Å²) in [6, 6.07) is 5.65. The number of ether oxygens (including phenoxy) is 2. The van der Waals surface area contributed by atoms with Gasteiger partial charge in [-0.05, 0) is 57.4 Å². The van der Waals surface area contributed by atoms with Crippen molar-refractivity contribution in [1.82, 2.24) is 0 Å². The van der Waals surface area contributed by atoms with Crippen LogP contribution in [-0.4, -0.2) is 24.7 Å². The van der Waals surface area contributed by atoms with Crippen molar-refractivity contribution in [1.29, 1.82) is 0 Å². The van der Waals surface area contributed by atoms with E-state index < -0.39 is 5.60 Å². The summed E-state index contributed by atoms with van der Waals surface area (Å²) < 4.78 is 11.2. The van der Waals surface area contributed by atoms with Gasteiger partial charge in [0.05, 0.1) is 6.61 Å². The zero-order valence-corrected chi connectivity index (χ0v) is 13.8. The molecule has 0 aromatic heterocycles. The van der Waals surface area contributed by atoms with Gasteiger partial charge in [0.1, 0.15) is 11.4 Å². The van der Waals surface area contributed by atoms with Crippen LogP contribution < -0.4 is 10.1 Å². The molecule has 0 radical (unpaired) electrons. The molecule has 1 aromatic carbocycles. The van der Waals surface area contributed by atoms with Gasteiger partial charge in [-0.25, -0.2) is 0 Å². The summed E-state index contributed by atoms with van der Waals surface area (Å²) in [4.78, 5) is 12.4. The first kappa shape index (κ1) is 17.5. The number of nitrogens with one attached hydrogen (secondary N) is 1. The van der Waals surface area contributed by atoms with Crippen LogP contribution in [0.1, 0.15) is 46.1 Å². The van der Waals surface area contributed by atoms with Crippen molar-refractivity contribution >= 4 is 11.6 Å². The van der Waals surface area contributed by atoms with E-state index in [1.54, 1.807) is 0 Å². The van der Waals surface area contributed by atoms with Gasteiger partial charge in [0.15, 0.2) is 0 Å². The van der Waals surface area contributed by atoms with Crippen molar-refractivity contribution in [3.8, 4) is 5.75 Å². The Morgan fingerprint density at radius 1 is 1.29 bits per heavy atom. The van der Waals surface area contributed by atoms with Gasteiger partial charge in [-0.2, -0.15) is 0 Å². The molecule has 118 valence electrons. The molecule has 0 heterocycles. The van der Waals surface area contributed by atoms with Gasteiger partial charge < -0.3 is 14.8 Å². The van der Waals surface area contributed by atoms with Gasteiger partial charge in [0.25, 0.3) is 5.91 Å². The van der Waals surface area contributed by atoms with E-state index in [2.05, 4.69) is 5.32 Å². The number of amides is 1. The third kappa shape index (κ3) is 4.74. The molecule has 0 aliphatic carbocycles. The zero-order chi connectivity index (χ0) is 15.9. The molecule has 0 aliphatic heterocycles. The predicted octanol–water partition coefficient (Wildman–Crippen LogP) is 3.93. The Labute approximate surface area is 127 Å². The molecule has 21 heavy (non-hydrogen) atoms. The Hall–Kier alpha value is -1.55. The molecule has 4 heteroatoms. The lowest BCUT2D eigenvalue weighted by molar-refractivity contribution is -0.139. The summed E-state index contributed by atoms with van der Waals surface area (Å²) in [5, 5.41) is 2.93. The molecule has 0 saturated carbocycles. The second-order valence-corrected chi connectivity index (χ2v) is 5.30. The van der Waals surface area contributed by atoms with E-state index in [1.807, 2.05) is 52.8 Å². The Morgan fingerprint density at radius 2 is 2.00 bits per heavy atom. The molecule has 4 nitrogen and oxygen atoms in total. The van der Waals surface area contributed by atoms with E-state index in [0.29, 0.717) is 19.6 Å². The first-order valence-electron chi connectivity index (χ1n) is 7.65. The van der Waals surface area contributed by atoms with Gasteiger partial charge in [-0.15, -0.1) is 0 Å². The second-order valence-electron chi connectivity index (χ2n) is 5.30. The van der Waals surface area contributed by atoms with E-state index in [0.717, 1.165) is 23.4 Å². The van der Waals surface area contributed by atoms with Crippen molar-refractivity contribution in [2.24, 2.45) is 0 Å². The van der Waals surface area contributed by atoms with Crippen molar-refractivity contribution in [3.63, 3.8) is 0 Å². The summed E-state index contributed by atoms with van der Waals surface area (Å²) >= 11 is 0. The van der Waals surface area contributed by atoms with Crippen LogP contribution in [0, 0.1) is 6.92 Å². The monoisotopic (exact) mass is 293 g/mol. The summed E-state index contributed by atoms with van der Waals surface area (Å²) in [5.74, 6) is 0.734.